The van der Waals surface area contributed by atoms with Crippen molar-refractivity contribution in [2.75, 3.05) is 13.1 Å². The Morgan fingerprint density at radius 2 is 1.43 bits per heavy atom. The Bertz CT molecular complexity index is 791. The normalized spacial score (nSPS) is 15.7. The van der Waals surface area contributed by atoms with E-state index in [-0.39, 0.29) is 0 Å². The SMILES string of the molecule is c1ccc(Oc2ccc(C3CCNCC3)c3ccccc23)cc1. The number of para-hydroxylation sites is 1. The van der Waals surface area contributed by atoms with Crippen LogP contribution in [0.2, 0.25) is 0 Å². The van der Waals surface area contributed by atoms with Crippen LogP contribution in [0.4, 0.5) is 0 Å². The molecule has 1 N–H and O–H groups in total. The number of nitrogens with one attached hydrogen (secondary N) is 1. The van der Waals surface area contributed by atoms with E-state index < -0.39 is 0 Å². The summed E-state index contributed by atoms with van der Waals surface area (Å²) in [5, 5.41) is 5.98. The molecule has 1 aliphatic rings. The van der Waals surface area contributed by atoms with Crippen molar-refractivity contribution in [1.82, 2.24) is 5.32 Å². The number of rotatable bonds is 3. The highest BCUT2D eigenvalue weighted by Gasteiger charge is 2.18. The van der Waals surface area contributed by atoms with E-state index in [9.17, 15) is 0 Å². The summed E-state index contributed by atoms with van der Waals surface area (Å²) >= 11 is 0. The molecule has 0 saturated carbocycles. The lowest BCUT2D eigenvalue weighted by Crippen LogP contribution is -2.26. The van der Waals surface area contributed by atoms with Crippen LogP contribution in [0.5, 0.6) is 11.5 Å². The van der Waals surface area contributed by atoms with Gasteiger partial charge in [-0.05, 0) is 61.0 Å². The van der Waals surface area contributed by atoms with Crippen molar-refractivity contribution < 1.29 is 4.74 Å². The van der Waals surface area contributed by atoms with Gasteiger partial charge in [0.25, 0.3) is 0 Å². The molecule has 2 nitrogen and oxygen atoms in total. The number of fused-ring (bicyclic) bond motifs is 1. The van der Waals surface area contributed by atoms with E-state index in [1.165, 1.54) is 29.2 Å². The van der Waals surface area contributed by atoms with Gasteiger partial charge in [-0.1, -0.05) is 48.5 Å². The topological polar surface area (TPSA) is 21.3 Å². The summed E-state index contributed by atoms with van der Waals surface area (Å²) in [5.41, 5.74) is 1.46. The van der Waals surface area contributed by atoms with Gasteiger partial charge in [-0.25, -0.2) is 0 Å². The van der Waals surface area contributed by atoms with Gasteiger partial charge in [0.05, 0.1) is 0 Å². The van der Waals surface area contributed by atoms with Gasteiger partial charge in [-0.15, -0.1) is 0 Å². The first-order valence-electron chi connectivity index (χ1n) is 8.37. The number of hydrogen-bond donors (Lipinski definition) is 1. The second kappa shape index (κ2) is 6.43. The lowest BCUT2D eigenvalue weighted by atomic mass is 9.87. The molecule has 0 aromatic heterocycles. The summed E-state index contributed by atoms with van der Waals surface area (Å²) in [5.74, 6) is 2.46. The first kappa shape index (κ1) is 14.3. The first-order chi connectivity index (χ1) is 11.4. The Hall–Kier alpha value is -2.32. The van der Waals surface area contributed by atoms with Crippen molar-refractivity contribution in [1.29, 1.82) is 0 Å². The zero-order chi connectivity index (χ0) is 15.5. The number of ether oxygens (including phenoxy) is 1. The Kier molecular flexibility index (Phi) is 3.99. The van der Waals surface area contributed by atoms with E-state index >= 15 is 0 Å². The summed E-state index contributed by atoms with van der Waals surface area (Å²) < 4.78 is 6.12. The zero-order valence-electron chi connectivity index (χ0n) is 13.2. The predicted molar refractivity (Wildman–Crippen MR) is 95.3 cm³/mol. The largest absolute Gasteiger partial charge is 0.457 e. The van der Waals surface area contributed by atoms with Crippen LogP contribution in [0.15, 0.2) is 66.7 Å². The van der Waals surface area contributed by atoms with Crippen LogP contribution in [0.1, 0.15) is 24.3 Å². The average molecular weight is 303 g/mol. The van der Waals surface area contributed by atoms with Gasteiger partial charge in [0, 0.05) is 5.39 Å². The number of benzene rings is 3. The molecular formula is C21H21NO. The molecule has 4 rings (SSSR count). The fourth-order valence-electron chi connectivity index (χ4n) is 3.49. The molecule has 1 saturated heterocycles. The highest BCUT2D eigenvalue weighted by atomic mass is 16.5. The summed E-state index contributed by atoms with van der Waals surface area (Å²) in [6.07, 6.45) is 2.42. The molecule has 3 aromatic rings. The van der Waals surface area contributed by atoms with Crippen molar-refractivity contribution in [2.45, 2.75) is 18.8 Å². The van der Waals surface area contributed by atoms with Gasteiger partial charge < -0.3 is 10.1 Å². The van der Waals surface area contributed by atoms with E-state index in [2.05, 4.69) is 41.7 Å². The molecule has 0 amide bonds. The van der Waals surface area contributed by atoms with Crippen LogP contribution in [-0.2, 0) is 0 Å². The molecule has 3 aromatic carbocycles. The van der Waals surface area contributed by atoms with Gasteiger partial charge in [-0.3, -0.25) is 0 Å². The molecular weight excluding hydrogens is 282 g/mol. The summed E-state index contributed by atoms with van der Waals surface area (Å²) in [7, 11) is 0. The average Bonchev–Trinajstić information content (AvgIpc) is 2.64. The van der Waals surface area contributed by atoms with Crippen LogP contribution in [0, 0.1) is 0 Å². The molecule has 1 aliphatic heterocycles. The molecule has 0 radical (unpaired) electrons. The Balaban J connectivity index is 1.76. The molecule has 1 fully saturated rings. The fraction of sp³-hybridized carbons (Fsp3) is 0.238. The fourth-order valence-corrected chi connectivity index (χ4v) is 3.49. The van der Waals surface area contributed by atoms with E-state index in [0.29, 0.717) is 5.92 Å². The lowest BCUT2D eigenvalue weighted by Gasteiger charge is -2.24. The molecule has 0 bridgehead atoms. The smallest absolute Gasteiger partial charge is 0.135 e. The van der Waals surface area contributed by atoms with Crippen molar-refractivity contribution in [3.05, 3.63) is 72.3 Å². The van der Waals surface area contributed by atoms with Gasteiger partial charge in [-0.2, -0.15) is 0 Å². The minimum absolute atomic E-state index is 0.645. The second-order valence-electron chi connectivity index (χ2n) is 6.14. The zero-order valence-corrected chi connectivity index (χ0v) is 13.2. The quantitative estimate of drug-likeness (QED) is 0.727. The van der Waals surface area contributed by atoms with Gasteiger partial charge >= 0.3 is 0 Å². The molecule has 0 unspecified atom stereocenters. The maximum absolute atomic E-state index is 6.12. The maximum atomic E-state index is 6.12. The molecule has 116 valence electrons. The molecule has 0 aliphatic carbocycles. The van der Waals surface area contributed by atoms with E-state index in [4.69, 9.17) is 4.74 Å². The lowest BCUT2D eigenvalue weighted by molar-refractivity contribution is 0.461. The minimum Gasteiger partial charge on any atom is -0.457 e. The number of piperidine rings is 1. The van der Waals surface area contributed by atoms with Gasteiger partial charge in [0.1, 0.15) is 11.5 Å². The standard InChI is InChI=1S/C21H21NO/c1-2-6-17(7-3-1)23-21-11-10-18(16-12-14-22-15-13-16)19-8-4-5-9-20(19)21/h1-11,16,22H,12-15H2. The van der Waals surface area contributed by atoms with Crippen molar-refractivity contribution >= 4 is 10.8 Å². The van der Waals surface area contributed by atoms with Crippen LogP contribution in [0.3, 0.4) is 0 Å². The van der Waals surface area contributed by atoms with Crippen LogP contribution in [-0.4, -0.2) is 13.1 Å². The highest BCUT2D eigenvalue weighted by molar-refractivity contribution is 5.91. The Morgan fingerprint density at radius 1 is 0.739 bits per heavy atom. The van der Waals surface area contributed by atoms with E-state index in [1.54, 1.807) is 0 Å². The minimum atomic E-state index is 0.645. The van der Waals surface area contributed by atoms with E-state index in [1.807, 2.05) is 30.3 Å². The molecule has 2 heteroatoms. The summed E-state index contributed by atoms with van der Waals surface area (Å²) in [4.78, 5) is 0. The summed E-state index contributed by atoms with van der Waals surface area (Å²) in [6.45, 7) is 2.22. The van der Waals surface area contributed by atoms with Crippen LogP contribution < -0.4 is 10.1 Å². The first-order valence-corrected chi connectivity index (χ1v) is 8.37. The Morgan fingerprint density at radius 3 is 2.22 bits per heavy atom. The van der Waals surface area contributed by atoms with Gasteiger partial charge in [0.2, 0.25) is 0 Å². The van der Waals surface area contributed by atoms with Crippen molar-refractivity contribution in [3.63, 3.8) is 0 Å². The summed E-state index contributed by atoms with van der Waals surface area (Å²) in [6, 6.07) is 23.0. The third-order valence-corrected chi connectivity index (χ3v) is 4.67. The third-order valence-electron chi connectivity index (χ3n) is 4.67. The van der Waals surface area contributed by atoms with Crippen molar-refractivity contribution in [2.24, 2.45) is 0 Å². The molecule has 23 heavy (non-hydrogen) atoms. The van der Waals surface area contributed by atoms with Crippen LogP contribution in [0.25, 0.3) is 10.8 Å². The molecule has 0 atom stereocenters. The monoisotopic (exact) mass is 303 g/mol. The highest BCUT2D eigenvalue weighted by Crippen LogP contribution is 2.37. The second-order valence-corrected chi connectivity index (χ2v) is 6.14. The van der Waals surface area contributed by atoms with Gasteiger partial charge in [0.15, 0.2) is 0 Å². The predicted octanol–water partition coefficient (Wildman–Crippen LogP) is 5.10. The van der Waals surface area contributed by atoms with E-state index in [0.717, 1.165) is 24.6 Å². The number of hydrogen-bond acceptors (Lipinski definition) is 2. The third kappa shape index (κ3) is 2.95. The molecule has 1 heterocycles. The molecule has 0 spiro atoms. The maximum Gasteiger partial charge on any atom is 0.135 e. The van der Waals surface area contributed by atoms with Crippen molar-refractivity contribution in [3.8, 4) is 11.5 Å². The van der Waals surface area contributed by atoms with Crippen LogP contribution >= 0.6 is 0 Å². The Labute approximate surface area is 137 Å².